The second-order valence-corrected chi connectivity index (χ2v) is 10.5. The fraction of sp³-hybridized carbons (Fsp3) is 0.357. The van der Waals surface area contributed by atoms with Crippen LogP contribution in [-0.4, -0.2) is 75.1 Å². The van der Waals surface area contributed by atoms with Crippen molar-refractivity contribution in [1.82, 2.24) is 20.9 Å². The zero-order valence-corrected chi connectivity index (χ0v) is 23.2. The van der Waals surface area contributed by atoms with Crippen LogP contribution >= 0.6 is 11.8 Å². The van der Waals surface area contributed by atoms with Crippen molar-refractivity contribution in [3.63, 3.8) is 0 Å². The van der Waals surface area contributed by atoms with E-state index >= 15 is 0 Å². The monoisotopic (exact) mass is 569 g/mol. The average molecular weight is 570 g/mol. The SMILES string of the molecule is CSCCC(NC(=O)C(C)NC(=O)C(N)Cc1c[nH]c2ccccc12)C(=O)NC(Cc1ccc(O)cc1)C(=O)O. The zero-order valence-electron chi connectivity index (χ0n) is 22.3. The lowest BCUT2D eigenvalue weighted by molar-refractivity contribution is -0.142. The molecule has 12 heteroatoms. The maximum absolute atomic E-state index is 13.0. The minimum atomic E-state index is -1.25. The van der Waals surface area contributed by atoms with Crippen molar-refractivity contribution >= 4 is 46.4 Å². The molecule has 11 nitrogen and oxygen atoms in total. The molecule has 0 spiro atoms. The average Bonchev–Trinajstić information content (AvgIpc) is 3.34. The highest BCUT2D eigenvalue weighted by Crippen LogP contribution is 2.19. The summed E-state index contributed by atoms with van der Waals surface area (Å²) >= 11 is 1.47. The van der Waals surface area contributed by atoms with Crippen molar-refractivity contribution in [3.8, 4) is 5.75 Å². The molecule has 4 atom stereocenters. The van der Waals surface area contributed by atoms with Gasteiger partial charge in [0.1, 0.15) is 23.9 Å². The molecule has 3 rings (SSSR count). The molecule has 3 amide bonds. The maximum Gasteiger partial charge on any atom is 0.326 e. The summed E-state index contributed by atoms with van der Waals surface area (Å²) in [5, 5.41) is 27.8. The van der Waals surface area contributed by atoms with Gasteiger partial charge in [0.25, 0.3) is 0 Å². The number of carbonyl (C=O) groups excluding carboxylic acids is 3. The van der Waals surface area contributed by atoms with Gasteiger partial charge in [-0.1, -0.05) is 30.3 Å². The van der Waals surface area contributed by atoms with Crippen LogP contribution in [0.15, 0.2) is 54.7 Å². The van der Waals surface area contributed by atoms with Gasteiger partial charge in [0, 0.05) is 23.5 Å². The summed E-state index contributed by atoms with van der Waals surface area (Å²) in [7, 11) is 0. The Bertz CT molecular complexity index is 1330. The van der Waals surface area contributed by atoms with Crippen molar-refractivity contribution in [2.24, 2.45) is 5.73 Å². The number of benzene rings is 2. The molecule has 2 aromatic carbocycles. The largest absolute Gasteiger partial charge is 0.508 e. The fourth-order valence-electron chi connectivity index (χ4n) is 4.16. The number of hydrogen-bond acceptors (Lipinski definition) is 7. The molecule has 4 unspecified atom stereocenters. The molecule has 1 aromatic heterocycles. The number of carboxylic acids is 1. The van der Waals surface area contributed by atoms with Crippen LogP contribution in [0.4, 0.5) is 0 Å². The number of rotatable bonds is 14. The Hall–Kier alpha value is -4.03. The summed E-state index contributed by atoms with van der Waals surface area (Å²) in [5.74, 6) is -2.43. The number of para-hydroxylation sites is 1. The molecule has 214 valence electrons. The Morgan fingerprint density at radius 1 is 0.925 bits per heavy atom. The number of nitrogens with one attached hydrogen (secondary N) is 4. The highest BCUT2D eigenvalue weighted by Gasteiger charge is 2.29. The lowest BCUT2D eigenvalue weighted by Gasteiger charge is -2.24. The van der Waals surface area contributed by atoms with Crippen LogP contribution in [-0.2, 0) is 32.0 Å². The number of carbonyl (C=O) groups is 4. The van der Waals surface area contributed by atoms with Crippen molar-refractivity contribution in [2.45, 2.75) is 50.4 Å². The van der Waals surface area contributed by atoms with E-state index in [1.54, 1.807) is 18.3 Å². The molecule has 0 bridgehead atoms. The number of amides is 3. The number of hydrogen-bond donors (Lipinski definition) is 7. The summed E-state index contributed by atoms with van der Waals surface area (Å²) < 4.78 is 0. The number of phenols is 1. The lowest BCUT2D eigenvalue weighted by atomic mass is 10.0. The quantitative estimate of drug-likeness (QED) is 0.151. The number of aromatic amines is 1. The van der Waals surface area contributed by atoms with Gasteiger partial charge < -0.3 is 36.9 Å². The number of aromatic hydroxyl groups is 1. The molecule has 40 heavy (non-hydrogen) atoms. The van der Waals surface area contributed by atoms with Gasteiger partial charge in [-0.25, -0.2) is 4.79 Å². The van der Waals surface area contributed by atoms with E-state index in [9.17, 15) is 29.4 Å². The van der Waals surface area contributed by atoms with E-state index in [2.05, 4.69) is 20.9 Å². The number of thioether (sulfide) groups is 1. The van der Waals surface area contributed by atoms with Crippen LogP contribution in [0, 0.1) is 0 Å². The number of aliphatic carboxylic acids is 1. The molecule has 0 aliphatic heterocycles. The predicted octanol–water partition coefficient (Wildman–Crippen LogP) is 1.30. The van der Waals surface area contributed by atoms with E-state index in [4.69, 9.17) is 5.73 Å². The molecule has 0 saturated heterocycles. The molecule has 3 aromatic rings. The number of carboxylic acid groups (broad SMARTS) is 1. The van der Waals surface area contributed by atoms with Gasteiger partial charge in [-0.3, -0.25) is 14.4 Å². The first-order chi connectivity index (χ1) is 19.1. The Balaban J connectivity index is 1.59. The van der Waals surface area contributed by atoms with Crippen LogP contribution in [0.1, 0.15) is 24.5 Å². The zero-order chi connectivity index (χ0) is 29.2. The normalized spacial score (nSPS) is 14.1. The van der Waals surface area contributed by atoms with Crippen LogP contribution in [0.25, 0.3) is 10.9 Å². The molecule has 0 saturated carbocycles. The second-order valence-electron chi connectivity index (χ2n) is 9.51. The maximum atomic E-state index is 13.0. The van der Waals surface area contributed by atoms with Crippen LogP contribution in [0.3, 0.4) is 0 Å². The van der Waals surface area contributed by atoms with Gasteiger partial charge in [-0.2, -0.15) is 11.8 Å². The molecule has 0 fully saturated rings. The standard InChI is InChI=1S/C28H35N5O6S/c1-16(31-26(36)21(29)14-18-15-30-22-6-4-3-5-20(18)22)25(35)32-23(11-12-40-2)27(37)33-24(28(38)39)13-17-7-9-19(34)10-8-17/h3-10,15-16,21,23-24,30,34H,11-14,29H2,1-2H3,(H,31,36)(H,32,35)(H,33,37)(H,38,39). The summed E-state index contributed by atoms with van der Waals surface area (Å²) in [6.07, 6.45) is 4.16. The van der Waals surface area contributed by atoms with Gasteiger partial charge in [0.2, 0.25) is 17.7 Å². The molecule has 0 aliphatic rings. The molecular formula is C28H35N5O6S. The van der Waals surface area contributed by atoms with Crippen molar-refractivity contribution < 1.29 is 29.4 Å². The molecule has 1 heterocycles. The van der Waals surface area contributed by atoms with Gasteiger partial charge in [0.15, 0.2) is 0 Å². The Labute approximate surface area is 236 Å². The third-order valence-electron chi connectivity index (χ3n) is 6.44. The Kier molecular flexibility index (Phi) is 11.0. The van der Waals surface area contributed by atoms with Crippen LogP contribution in [0.2, 0.25) is 0 Å². The predicted molar refractivity (Wildman–Crippen MR) is 154 cm³/mol. The van der Waals surface area contributed by atoms with Crippen molar-refractivity contribution in [2.75, 3.05) is 12.0 Å². The smallest absolute Gasteiger partial charge is 0.326 e. The molecular weight excluding hydrogens is 534 g/mol. The number of H-pyrrole nitrogens is 1. The highest BCUT2D eigenvalue weighted by molar-refractivity contribution is 7.98. The van der Waals surface area contributed by atoms with E-state index in [0.717, 1.165) is 16.5 Å². The molecule has 0 aliphatic carbocycles. The van der Waals surface area contributed by atoms with Gasteiger partial charge in [-0.15, -0.1) is 0 Å². The van der Waals surface area contributed by atoms with E-state index in [-0.39, 0.29) is 25.0 Å². The minimum Gasteiger partial charge on any atom is -0.508 e. The number of phenolic OH excluding ortho intramolecular Hbond substituents is 1. The lowest BCUT2D eigenvalue weighted by Crippen LogP contribution is -2.56. The van der Waals surface area contributed by atoms with Gasteiger partial charge in [0.05, 0.1) is 6.04 Å². The van der Waals surface area contributed by atoms with E-state index in [1.807, 2.05) is 30.5 Å². The minimum absolute atomic E-state index is 0.00861. The van der Waals surface area contributed by atoms with Gasteiger partial charge >= 0.3 is 5.97 Å². The topological polar surface area (TPSA) is 187 Å². The first-order valence-corrected chi connectivity index (χ1v) is 14.2. The summed E-state index contributed by atoms with van der Waals surface area (Å²) in [5.41, 5.74) is 8.54. The fourth-order valence-corrected chi connectivity index (χ4v) is 4.63. The first kappa shape index (κ1) is 30.5. The van der Waals surface area contributed by atoms with Gasteiger partial charge in [-0.05, 0) is 61.1 Å². The Morgan fingerprint density at radius 2 is 1.60 bits per heavy atom. The summed E-state index contributed by atoms with van der Waals surface area (Å²) in [6, 6.07) is 9.50. The number of fused-ring (bicyclic) bond motifs is 1. The number of nitrogens with two attached hydrogens (primary N) is 1. The van der Waals surface area contributed by atoms with E-state index in [1.165, 1.54) is 30.8 Å². The van der Waals surface area contributed by atoms with Crippen molar-refractivity contribution in [3.05, 3.63) is 65.9 Å². The first-order valence-electron chi connectivity index (χ1n) is 12.8. The van der Waals surface area contributed by atoms with E-state index < -0.39 is 47.9 Å². The van der Waals surface area contributed by atoms with Crippen LogP contribution in [0.5, 0.6) is 5.75 Å². The molecule has 8 N–H and O–H groups in total. The third kappa shape index (κ3) is 8.48. The number of aromatic nitrogens is 1. The summed E-state index contributed by atoms with van der Waals surface area (Å²) in [6.45, 7) is 1.49. The van der Waals surface area contributed by atoms with E-state index in [0.29, 0.717) is 11.3 Å². The van der Waals surface area contributed by atoms with Crippen LogP contribution < -0.4 is 21.7 Å². The van der Waals surface area contributed by atoms with Crippen molar-refractivity contribution in [1.29, 1.82) is 0 Å². The summed E-state index contributed by atoms with van der Waals surface area (Å²) in [4.78, 5) is 53.7. The second kappa shape index (κ2) is 14.4. The Morgan fingerprint density at radius 3 is 2.27 bits per heavy atom. The third-order valence-corrected chi connectivity index (χ3v) is 7.08. The molecule has 0 radical (unpaired) electrons. The highest BCUT2D eigenvalue weighted by atomic mass is 32.2.